The zero-order valence-corrected chi connectivity index (χ0v) is 19.1. The van der Waals surface area contributed by atoms with Crippen molar-refractivity contribution >= 4 is 34.9 Å². The molecule has 5 nitrogen and oxygen atoms in total. The fourth-order valence-corrected chi connectivity index (χ4v) is 4.24. The van der Waals surface area contributed by atoms with E-state index in [0.717, 1.165) is 33.5 Å². The third kappa shape index (κ3) is 4.83. The zero-order valence-electron chi connectivity index (χ0n) is 17.6. The van der Waals surface area contributed by atoms with E-state index in [2.05, 4.69) is 9.88 Å². The molecule has 2 heterocycles. The molecule has 4 rings (SSSR count). The summed E-state index contributed by atoms with van der Waals surface area (Å²) >= 11 is 12.4. The fourth-order valence-electron chi connectivity index (χ4n) is 3.91. The third-order valence-electron chi connectivity index (χ3n) is 5.59. The van der Waals surface area contributed by atoms with Gasteiger partial charge in [0.1, 0.15) is 11.6 Å². The van der Waals surface area contributed by atoms with E-state index in [4.69, 9.17) is 28.2 Å². The van der Waals surface area contributed by atoms with Crippen LogP contribution in [0.1, 0.15) is 33.0 Å². The Kier molecular flexibility index (Phi) is 6.44. The molecule has 0 saturated carbocycles. The lowest BCUT2D eigenvalue weighted by atomic mass is 10.0. The molecule has 160 valence electrons. The van der Waals surface area contributed by atoms with Crippen LogP contribution >= 0.6 is 23.2 Å². The van der Waals surface area contributed by atoms with Crippen LogP contribution in [0.3, 0.4) is 0 Å². The molecule has 1 amide bonds. The zero-order chi connectivity index (χ0) is 22.0. The summed E-state index contributed by atoms with van der Waals surface area (Å²) in [5, 5.41) is 1.37. The second-order valence-electron chi connectivity index (χ2n) is 7.71. The summed E-state index contributed by atoms with van der Waals surface area (Å²) in [5.41, 5.74) is 3.75. The van der Waals surface area contributed by atoms with E-state index >= 15 is 0 Å². The number of anilines is 1. The number of amides is 1. The molecule has 1 saturated heterocycles. The standard InChI is InChI=1S/C24H24Cl2N4O/c1-16-21(15-19-5-3-4-6-22(19)26)23(28-17(2)27-16)29-11-13-30(14-12-29)24(31)18-7-9-20(25)10-8-18/h3-10H,11-15H2,1-2H3. The first kappa shape index (κ1) is 21.6. The van der Waals surface area contributed by atoms with Gasteiger partial charge in [-0.15, -0.1) is 0 Å². The number of piperazine rings is 1. The van der Waals surface area contributed by atoms with E-state index in [0.29, 0.717) is 43.2 Å². The van der Waals surface area contributed by atoms with Crippen LogP contribution in [0, 0.1) is 13.8 Å². The molecule has 0 atom stereocenters. The monoisotopic (exact) mass is 454 g/mol. The molecule has 1 aliphatic rings. The molecule has 1 aromatic heterocycles. The van der Waals surface area contributed by atoms with Gasteiger partial charge < -0.3 is 9.80 Å². The number of benzene rings is 2. The topological polar surface area (TPSA) is 49.3 Å². The summed E-state index contributed by atoms with van der Waals surface area (Å²) < 4.78 is 0. The van der Waals surface area contributed by atoms with Gasteiger partial charge in [0.25, 0.3) is 5.91 Å². The molecule has 0 radical (unpaired) electrons. The average Bonchev–Trinajstić information content (AvgIpc) is 2.77. The van der Waals surface area contributed by atoms with Crippen LogP contribution in [0.15, 0.2) is 48.5 Å². The number of hydrogen-bond acceptors (Lipinski definition) is 4. The highest BCUT2D eigenvalue weighted by Gasteiger charge is 2.25. The Morgan fingerprint density at radius 3 is 2.29 bits per heavy atom. The average molecular weight is 455 g/mol. The van der Waals surface area contributed by atoms with Gasteiger partial charge in [-0.2, -0.15) is 0 Å². The van der Waals surface area contributed by atoms with Crippen molar-refractivity contribution in [3.05, 3.63) is 86.8 Å². The lowest BCUT2D eigenvalue weighted by Gasteiger charge is -2.36. The summed E-state index contributed by atoms with van der Waals surface area (Å²) in [6, 6.07) is 14.9. The van der Waals surface area contributed by atoms with Gasteiger partial charge in [-0.1, -0.05) is 41.4 Å². The van der Waals surface area contributed by atoms with Gasteiger partial charge in [-0.25, -0.2) is 9.97 Å². The van der Waals surface area contributed by atoms with Crippen LogP contribution in [-0.2, 0) is 6.42 Å². The minimum atomic E-state index is 0.0302. The SMILES string of the molecule is Cc1nc(C)c(Cc2ccccc2Cl)c(N2CCN(C(=O)c3ccc(Cl)cc3)CC2)n1. The van der Waals surface area contributed by atoms with Gasteiger partial charge in [-0.05, 0) is 49.7 Å². The third-order valence-corrected chi connectivity index (χ3v) is 6.21. The number of carbonyl (C=O) groups is 1. The summed E-state index contributed by atoms with van der Waals surface area (Å²) in [5.74, 6) is 1.71. The fraction of sp³-hybridized carbons (Fsp3) is 0.292. The number of nitrogens with zero attached hydrogens (tertiary/aromatic N) is 4. The number of aromatic nitrogens is 2. The lowest BCUT2D eigenvalue weighted by molar-refractivity contribution is 0.0746. The van der Waals surface area contributed by atoms with Crippen LogP contribution in [0.25, 0.3) is 0 Å². The Labute approximate surface area is 192 Å². The molecule has 1 aliphatic heterocycles. The van der Waals surface area contributed by atoms with E-state index < -0.39 is 0 Å². The number of rotatable bonds is 4. The summed E-state index contributed by atoms with van der Waals surface area (Å²) in [4.78, 5) is 26.3. The first-order valence-electron chi connectivity index (χ1n) is 10.3. The quantitative estimate of drug-likeness (QED) is 0.559. The molecule has 0 unspecified atom stereocenters. The summed E-state index contributed by atoms with van der Waals surface area (Å²) in [6.45, 7) is 6.63. The minimum absolute atomic E-state index is 0.0302. The maximum absolute atomic E-state index is 12.8. The number of hydrogen-bond donors (Lipinski definition) is 0. The molecule has 0 aliphatic carbocycles. The van der Waals surface area contributed by atoms with Crippen LogP contribution in [0.5, 0.6) is 0 Å². The number of halogens is 2. The van der Waals surface area contributed by atoms with E-state index in [-0.39, 0.29) is 5.91 Å². The predicted octanol–water partition coefficient (Wildman–Crippen LogP) is 4.95. The second-order valence-corrected chi connectivity index (χ2v) is 8.56. The van der Waals surface area contributed by atoms with Crippen molar-refractivity contribution in [2.75, 3.05) is 31.1 Å². The van der Waals surface area contributed by atoms with Crippen molar-refractivity contribution in [1.82, 2.24) is 14.9 Å². The molecule has 7 heteroatoms. The Hall–Kier alpha value is -2.63. The highest BCUT2D eigenvalue weighted by atomic mass is 35.5. The Balaban J connectivity index is 1.53. The van der Waals surface area contributed by atoms with Crippen molar-refractivity contribution in [2.45, 2.75) is 20.3 Å². The smallest absolute Gasteiger partial charge is 0.253 e. The van der Waals surface area contributed by atoms with Crippen LogP contribution in [0.2, 0.25) is 10.0 Å². The van der Waals surface area contributed by atoms with Gasteiger partial charge >= 0.3 is 0 Å². The van der Waals surface area contributed by atoms with Gasteiger partial charge in [0.05, 0.1) is 0 Å². The first-order chi connectivity index (χ1) is 14.9. The van der Waals surface area contributed by atoms with E-state index in [9.17, 15) is 4.79 Å². The lowest BCUT2D eigenvalue weighted by Crippen LogP contribution is -2.49. The predicted molar refractivity (Wildman–Crippen MR) is 125 cm³/mol. The van der Waals surface area contributed by atoms with E-state index in [1.54, 1.807) is 24.3 Å². The molecule has 0 N–H and O–H groups in total. The molecule has 1 fully saturated rings. The Morgan fingerprint density at radius 1 is 0.935 bits per heavy atom. The van der Waals surface area contributed by atoms with Crippen molar-refractivity contribution in [3.8, 4) is 0 Å². The van der Waals surface area contributed by atoms with Gasteiger partial charge in [-0.3, -0.25) is 4.79 Å². The molecule has 31 heavy (non-hydrogen) atoms. The van der Waals surface area contributed by atoms with Crippen LogP contribution in [-0.4, -0.2) is 47.0 Å². The van der Waals surface area contributed by atoms with Gasteiger partial charge in [0, 0.05) is 59.5 Å². The van der Waals surface area contributed by atoms with Crippen molar-refractivity contribution in [1.29, 1.82) is 0 Å². The maximum Gasteiger partial charge on any atom is 0.253 e. The van der Waals surface area contributed by atoms with Crippen LogP contribution < -0.4 is 4.90 Å². The second kappa shape index (κ2) is 9.25. The van der Waals surface area contributed by atoms with Gasteiger partial charge in [0.2, 0.25) is 0 Å². The molecule has 3 aromatic rings. The molecule has 2 aromatic carbocycles. The largest absolute Gasteiger partial charge is 0.353 e. The summed E-state index contributed by atoms with van der Waals surface area (Å²) in [6.07, 6.45) is 0.672. The maximum atomic E-state index is 12.8. The van der Waals surface area contributed by atoms with Crippen molar-refractivity contribution in [2.24, 2.45) is 0 Å². The Bertz CT molecular complexity index is 1090. The normalized spacial score (nSPS) is 14.1. The summed E-state index contributed by atoms with van der Waals surface area (Å²) in [7, 11) is 0. The molecular weight excluding hydrogens is 431 g/mol. The van der Waals surface area contributed by atoms with Crippen molar-refractivity contribution < 1.29 is 4.79 Å². The van der Waals surface area contributed by atoms with Crippen molar-refractivity contribution in [3.63, 3.8) is 0 Å². The molecule has 0 bridgehead atoms. The molecular formula is C24H24Cl2N4O. The van der Waals surface area contributed by atoms with Crippen LogP contribution in [0.4, 0.5) is 5.82 Å². The highest BCUT2D eigenvalue weighted by Crippen LogP contribution is 2.28. The first-order valence-corrected chi connectivity index (χ1v) is 11.1. The minimum Gasteiger partial charge on any atom is -0.353 e. The van der Waals surface area contributed by atoms with Gasteiger partial charge in [0.15, 0.2) is 0 Å². The molecule has 0 spiro atoms. The van der Waals surface area contributed by atoms with E-state index in [1.807, 2.05) is 43.0 Å². The van der Waals surface area contributed by atoms with E-state index in [1.165, 1.54) is 0 Å². The Morgan fingerprint density at radius 2 is 1.61 bits per heavy atom. The number of carbonyl (C=O) groups excluding carboxylic acids is 1. The number of aryl methyl sites for hydroxylation is 2. The highest BCUT2D eigenvalue weighted by molar-refractivity contribution is 6.31.